The highest BCUT2D eigenvalue weighted by atomic mass is 16.3. The van der Waals surface area contributed by atoms with Gasteiger partial charge in [0.05, 0.1) is 24.7 Å². The van der Waals surface area contributed by atoms with Crippen LogP contribution in [0.15, 0.2) is 73.6 Å². The van der Waals surface area contributed by atoms with Crippen LogP contribution in [0.2, 0.25) is 0 Å². The highest BCUT2D eigenvalue weighted by Gasteiger charge is 2.19. The van der Waals surface area contributed by atoms with Crippen molar-refractivity contribution in [1.82, 2.24) is 24.5 Å². The zero-order chi connectivity index (χ0) is 17.1. The maximum atomic E-state index is 10.6. The molecule has 0 aliphatic carbocycles. The Bertz CT molecular complexity index is 933. The number of rotatable bonds is 5. The number of hydrogen-bond acceptors (Lipinski definition) is 4. The van der Waals surface area contributed by atoms with Crippen LogP contribution >= 0.6 is 0 Å². The summed E-state index contributed by atoms with van der Waals surface area (Å²) < 4.78 is 1.92. The molecule has 0 radical (unpaired) electrons. The second-order valence-corrected chi connectivity index (χ2v) is 5.70. The molecule has 0 saturated carbocycles. The van der Waals surface area contributed by atoms with Crippen LogP contribution in [0.1, 0.15) is 11.7 Å². The van der Waals surface area contributed by atoms with Gasteiger partial charge in [0, 0.05) is 35.9 Å². The lowest BCUT2D eigenvalue weighted by Crippen LogP contribution is -2.09. The molecular weight excluding hydrogens is 314 g/mol. The highest BCUT2D eigenvalue weighted by molar-refractivity contribution is 5.75. The maximum absolute atomic E-state index is 10.6. The Morgan fingerprint density at radius 3 is 2.64 bits per heavy atom. The maximum Gasteiger partial charge on any atom is 0.156 e. The number of aliphatic hydroxyl groups excluding tert-OH is 1. The van der Waals surface area contributed by atoms with Crippen LogP contribution in [-0.2, 0) is 6.54 Å². The van der Waals surface area contributed by atoms with Crippen molar-refractivity contribution in [2.24, 2.45) is 0 Å². The van der Waals surface area contributed by atoms with Crippen molar-refractivity contribution in [1.29, 1.82) is 0 Å². The summed E-state index contributed by atoms with van der Waals surface area (Å²) in [4.78, 5) is 16.1. The Kier molecular flexibility index (Phi) is 4.10. The van der Waals surface area contributed by atoms with E-state index in [1.54, 1.807) is 31.1 Å². The molecule has 2 N–H and O–H groups in total. The van der Waals surface area contributed by atoms with Crippen molar-refractivity contribution in [3.05, 3.63) is 79.1 Å². The Morgan fingerprint density at radius 1 is 1.04 bits per heavy atom. The number of hydrogen-bond donors (Lipinski definition) is 2. The van der Waals surface area contributed by atoms with Crippen LogP contribution in [0, 0.1) is 0 Å². The van der Waals surface area contributed by atoms with Crippen molar-refractivity contribution in [2.45, 2.75) is 12.6 Å². The molecule has 6 nitrogen and oxygen atoms in total. The first-order valence-electron chi connectivity index (χ1n) is 8.01. The Hall–Kier alpha value is -3.25. The largest absolute Gasteiger partial charge is 0.386 e. The Morgan fingerprint density at radius 2 is 1.92 bits per heavy atom. The summed E-state index contributed by atoms with van der Waals surface area (Å²) >= 11 is 0. The molecule has 0 amide bonds. The number of aromatic amines is 1. The van der Waals surface area contributed by atoms with Gasteiger partial charge in [-0.15, -0.1) is 0 Å². The molecule has 0 spiro atoms. The zero-order valence-corrected chi connectivity index (χ0v) is 13.4. The molecule has 124 valence electrons. The predicted molar refractivity (Wildman–Crippen MR) is 94.4 cm³/mol. The van der Waals surface area contributed by atoms with Crippen LogP contribution in [-0.4, -0.2) is 29.6 Å². The molecule has 0 fully saturated rings. The summed E-state index contributed by atoms with van der Waals surface area (Å²) in [6, 6.07) is 13.6. The minimum absolute atomic E-state index is 0.363. The average Bonchev–Trinajstić information content (AvgIpc) is 3.32. The Balaban J connectivity index is 1.75. The van der Waals surface area contributed by atoms with E-state index in [0.29, 0.717) is 6.54 Å². The molecule has 0 aliphatic heterocycles. The first-order chi connectivity index (χ1) is 12.3. The molecular formula is C19H17N5O. The number of imidazole rings is 2. The molecule has 1 atom stereocenters. The summed E-state index contributed by atoms with van der Waals surface area (Å²) in [7, 11) is 0. The van der Waals surface area contributed by atoms with Crippen molar-refractivity contribution in [3.63, 3.8) is 0 Å². The summed E-state index contributed by atoms with van der Waals surface area (Å²) in [6.45, 7) is 0.363. The molecule has 0 unspecified atom stereocenters. The van der Waals surface area contributed by atoms with Gasteiger partial charge in [0.25, 0.3) is 0 Å². The third-order valence-electron chi connectivity index (χ3n) is 4.05. The molecule has 25 heavy (non-hydrogen) atoms. The van der Waals surface area contributed by atoms with Gasteiger partial charge in [0.15, 0.2) is 5.82 Å². The molecule has 0 bridgehead atoms. The van der Waals surface area contributed by atoms with Gasteiger partial charge in [-0.1, -0.05) is 36.4 Å². The minimum Gasteiger partial charge on any atom is -0.386 e. The SMILES string of the molecule is O[C@H](Cn1cnc(-c2ccccc2)c1-c1ncc[nH]1)c1cccnc1. The van der Waals surface area contributed by atoms with Gasteiger partial charge >= 0.3 is 0 Å². The topological polar surface area (TPSA) is 79.6 Å². The summed E-state index contributed by atoms with van der Waals surface area (Å²) in [6.07, 6.45) is 7.90. The number of aromatic nitrogens is 5. The number of benzene rings is 1. The first-order valence-corrected chi connectivity index (χ1v) is 8.01. The van der Waals surface area contributed by atoms with Gasteiger partial charge in [0.1, 0.15) is 5.69 Å². The Labute approximate surface area is 144 Å². The van der Waals surface area contributed by atoms with Crippen LogP contribution in [0.3, 0.4) is 0 Å². The number of nitrogens with one attached hydrogen (secondary N) is 1. The highest BCUT2D eigenvalue weighted by Crippen LogP contribution is 2.30. The van der Waals surface area contributed by atoms with Gasteiger partial charge in [-0.3, -0.25) is 4.98 Å². The second kappa shape index (κ2) is 6.70. The fraction of sp³-hybridized carbons (Fsp3) is 0.105. The monoisotopic (exact) mass is 331 g/mol. The van der Waals surface area contributed by atoms with Crippen LogP contribution in [0.5, 0.6) is 0 Å². The van der Waals surface area contributed by atoms with Gasteiger partial charge in [-0.05, 0) is 6.07 Å². The van der Waals surface area contributed by atoms with E-state index in [0.717, 1.165) is 28.3 Å². The molecule has 4 rings (SSSR count). The smallest absolute Gasteiger partial charge is 0.156 e. The summed E-state index contributed by atoms with van der Waals surface area (Å²) in [5.74, 6) is 0.717. The average molecular weight is 331 g/mol. The minimum atomic E-state index is -0.680. The standard InChI is InChI=1S/C19H17N5O/c25-16(15-7-4-8-20-11-15)12-24-13-23-17(14-5-2-1-3-6-14)18(24)19-21-9-10-22-19/h1-11,13,16,25H,12H2,(H,21,22)/t16-/m1/s1. The zero-order valence-electron chi connectivity index (χ0n) is 13.4. The fourth-order valence-corrected chi connectivity index (χ4v) is 2.84. The van der Waals surface area contributed by atoms with E-state index in [4.69, 9.17) is 0 Å². The van der Waals surface area contributed by atoms with E-state index in [2.05, 4.69) is 19.9 Å². The second-order valence-electron chi connectivity index (χ2n) is 5.70. The summed E-state index contributed by atoms with van der Waals surface area (Å²) in [5.41, 5.74) is 3.44. The number of H-pyrrole nitrogens is 1. The van der Waals surface area contributed by atoms with Crippen molar-refractivity contribution < 1.29 is 5.11 Å². The fourth-order valence-electron chi connectivity index (χ4n) is 2.84. The molecule has 4 aromatic rings. The lowest BCUT2D eigenvalue weighted by atomic mass is 10.1. The quantitative estimate of drug-likeness (QED) is 0.589. The third-order valence-corrected chi connectivity index (χ3v) is 4.05. The van der Waals surface area contributed by atoms with E-state index in [1.165, 1.54) is 0 Å². The number of aliphatic hydroxyl groups is 1. The molecule has 3 heterocycles. The van der Waals surface area contributed by atoms with Crippen LogP contribution in [0.4, 0.5) is 0 Å². The number of nitrogens with zero attached hydrogens (tertiary/aromatic N) is 4. The lowest BCUT2D eigenvalue weighted by molar-refractivity contribution is 0.156. The van der Waals surface area contributed by atoms with Crippen LogP contribution < -0.4 is 0 Å². The van der Waals surface area contributed by atoms with Gasteiger partial charge in [-0.25, -0.2) is 9.97 Å². The molecule has 1 aromatic carbocycles. The number of pyridine rings is 1. The van der Waals surface area contributed by atoms with Crippen LogP contribution in [0.25, 0.3) is 22.8 Å². The third kappa shape index (κ3) is 3.07. The summed E-state index contributed by atoms with van der Waals surface area (Å²) in [5, 5.41) is 10.6. The molecule has 0 aliphatic rings. The molecule has 0 saturated heterocycles. The van der Waals surface area contributed by atoms with Crippen molar-refractivity contribution in [2.75, 3.05) is 0 Å². The van der Waals surface area contributed by atoms with Crippen molar-refractivity contribution >= 4 is 0 Å². The first kappa shape index (κ1) is 15.3. The van der Waals surface area contributed by atoms with E-state index >= 15 is 0 Å². The van der Waals surface area contributed by atoms with Gasteiger partial charge < -0.3 is 14.7 Å². The van der Waals surface area contributed by atoms with Gasteiger partial charge in [0.2, 0.25) is 0 Å². The van der Waals surface area contributed by atoms with E-state index in [9.17, 15) is 5.11 Å². The molecule has 3 aromatic heterocycles. The predicted octanol–water partition coefficient (Wildman–Crippen LogP) is 3.07. The normalized spacial score (nSPS) is 12.2. The van der Waals surface area contributed by atoms with E-state index in [-0.39, 0.29) is 0 Å². The van der Waals surface area contributed by atoms with E-state index in [1.807, 2.05) is 47.0 Å². The van der Waals surface area contributed by atoms with Gasteiger partial charge in [-0.2, -0.15) is 0 Å². The molecule has 6 heteroatoms. The van der Waals surface area contributed by atoms with Crippen molar-refractivity contribution in [3.8, 4) is 22.8 Å². The van der Waals surface area contributed by atoms with E-state index < -0.39 is 6.10 Å². The lowest BCUT2D eigenvalue weighted by Gasteiger charge is -2.14.